The molecule has 0 saturated carbocycles. The normalized spacial score (nSPS) is 33.6. The van der Waals surface area contributed by atoms with E-state index in [-0.39, 0.29) is 23.7 Å². The van der Waals surface area contributed by atoms with Crippen LogP contribution in [0.1, 0.15) is 56.2 Å². The Bertz CT molecular complexity index is 760. The summed E-state index contributed by atoms with van der Waals surface area (Å²) in [6.07, 6.45) is 1.46. The lowest BCUT2D eigenvalue weighted by molar-refractivity contribution is -0.147. The minimum absolute atomic E-state index is 0.187. The lowest BCUT2D eigenvalue weighted by Gasteiger charge is -2.37. The summed E-state index contributed by atoms with van der Waals surface area (Å²) in [6.45, 7) is 7.01. The van der Waals surface area contributed by atoms with E-state index in [0.29, 0.717) is 18.4 Å². The molecule has 1 aromatic rings. The van der Waals surface area contributed by atoms with Crippen LogP contribution < -0.4 is 0 Å². The molecule has 0 radical (unpaired) electrons. The summed E-state index contributed by atoms with van der Waals surface area (Å²) >= 11 is 0. The zero-order valence-corrected chi connectivity index (χ0v) is 15.6. The first kappa shape index (κ1) is 18.9. The van der Waals surface area contributed by atoms with Gasteiger partial charge >= 0.3 is 0 Å². The predicted molar refractivity (Wildman–Crippen MR) is 93.9 cm³/mol. The van der Waals surface area contributed by atoms with Crippen molar-refractivity contribution in [1.29, 1.82) is 0 Å². The Hall–Kier alpha value is -1.92. The molecule has 26 heavy (non-hydrogen) atoms. The lowest BCUT2D eigenvalue weighted by atomic mass is 9.74. The van der Waals surface area contributed by atoms with Crippen molar-refractivity contribution in [2.45, 2.75) is 64.8 Å². The van der Waals surface area contributed by atoms with Crippen LogP contribution >= 0.6 is 0 Å². The SMILES string of the molecule is CC1=C(O)C(=O)[C@@H]([C@@]2(C)O[C@H]([C@H](C)C(=O)c3cc(C)co3)C[C@@H]2O)CC1. The van der Waals surface area contributed by atoms with Gasteiger partial charge in [-0.25, -0.2) is 0 Å². The molecule has 1 aliphatic carbocycles. The van der Waals surface area contributed by atoms with Gasteiger partial charge in [-0.1, -0.05) is 6.92 Å². The lowest BCUT2D eigenvalue weighted by Crippen LogP contribution is -2.49. The molecular weight excluding hydrogens is 336 g/mol. The van der Waals surface area contributed by atoms with Crippen LogP contribution in [-0.4, -0.2) is 39.6 Å². The number of ketones is 2. The van der Waals surface area contributed by atoms with Crippen molar-refractivity contribution in [2.75, 3.05) is 0 Å². The Kier molecular flexibility index (Phi) is 4.84. The largest absolute Gasteiger partial charge is 0.504 e. The maximum Gasteiger partial charge on any atom is 0.203 e. The zero-order valence-electron chi connectivity index (χ0n) is 15.6. The van der Waals surface area contributed by atoms with Gasteiger partial charge in [0.1, 0.15) is 5.60 Å². The van der Waals surface area contributed by atoms with Crippen LogP contribution in [0.5, 0.6) is 0 Å². The van der Waals surface area contributed by atoms with Crippen LogP contribution in [0.3, 0.4) is 0 Å². The summed E-state index contributed by atoms with van der Waals surface area (Å²) < 4.78 is 11.4. The molecule has 6 nitrogen and oxygen atoms in total. The summed E-state index contributed by atoms with van der Waals surface area (Å²) in [5, 5.41) is 20.7. The third-order valence-electron chi connectivity index (χ3n) is 5.92. The van der Waals surface area contributed by atoms with Crippen LogP contribution in [0.4, 0.5) is 0 Å². The van der Waals surface area contributed by atoms with Crippen LogP contribution in [-0.2, 0) is 9.53 Å². The minimum Gasteiger partial charge on any atom is -0.504 e. The van der Waals surface area contributed by atoms with Crippen LogP contribution in [0.15, 0.2) is 28.1 Å². The van der Waals surface area contributed by atoms with E-state index >= 15 is 0 Å². The number of aryl methyl sites for hydroxylation is 1. The van der Waals surface area contributed by atoms with Crippen LogP contribution in [0, 0.1) is 18.8 Å². The Morgan fingerprint density at radius 1 is 1.38 bits per heavy atom. The molecule has 1 aromatic heterocycles. The van der Waals surface area contributed by atoms with Gasteiger partial charge in [-0.2, -0.15) is 0 Å². The second kappa shape index (κ2) is 6.67. The van der Waals surface area contributed by atoms with Crippen molar-refractivity contribution in [1.82, 2.24) is 0 Å². The average molecular weight is 362 g/mol. The van der Waals surface area contributed by atoms with Gasteiger partial charge < -0.3 is 19.4 Å². The highest BCUT2D eigenvalue weighted by molar-refractivity contribution is 5.97. The molecule has 0 unspecified atom stereocenters. The van der Waals surface area contributed by atoms with E-state index in [9.17, 15) is 19.8 Å². The number of hydrogen-bond acceptors (Lipinski definition) is 6. The van der Waals surface area contributed by atoms with Gasteiger partial charge in [-0.3, -0.25) is 9.59 Å². The standard InChI is InChI=1S/C20H26O6/c1-10-7-15(25-9-10)18(23)12(3)14-8-16(21)20(4,26-14)13-6-5-11(2)17(22)19(13)24/h7,9,12-14,16,21-22H,5-6,8H2,1-4H3/t12-,13-,14-,16-,20+/m0/s1. The summed E-state index contributed by atoms with van der Waals surface area (Å²) in [5.74, 6) is -1.67. The Morgan fingerprint density at radius 3 is 2.69 bits per heavy atom. The number of aliphatic hydroxyl groups excluding tert-OH is 2. The average Bonchev–Trinajstić information content (AvgIpc) is 3.16. The van der Waals surface area contributed by atoms with Gasteiger partial charge in [0.25, 0.3) is 0 Å². The monoisotopic (exact) mass is 362 g/mol. The Morgan fingerprint density at radius 2 is 2.08 bits per heavy atom. The summed E-state index contributed by atoms with van der Waals surface area (Å²) in [7, 11) is 0. The number of hydrogen-bond donors (Lipinski definition) is 2. The van der Waals surface area contributed by atoms with E-state index in [1.807, 2.05) is 6.92 Å². The second-order valence-electron chi connectivity index (χ2n) is 7.82. The maximum absolute atomic E-state index is 12.6. The molecule has 2 N–H and O–H groups in total. The molecular formula is C20H26O6. The van der Waals surface area contributed by atoms with E-state index in [0.717, 1.165) is 5.56 Å². The topological polar surface area (TPSA) is 97.0 Å². The highest BCUT2D eigenvalue weighted by Gasteiger charge is 2.55. The van der Waals surface area contributed by atoms with Crippen molar-refractivity contribution >= 4 is 11.6 Å². The molecule has 2 heterocycles. The van der Waals surface area contributed by atoms with Crippen molar-refractivity contribution in [3.8, 4) is 0 Å². The Labute approximate surface area is 152 Å². The van der Waals surface area contributed by atoms with Gasteiger partial charge in [-0.05, 0) is 50.8 Å². The number of furan rings is 1. The molecule has 1 saturated heterocycles. The van der Waals surface area contributed by atoms with Crippen molar-refractivity contribution < 1.29 is 29.0 Å². The molecule has 1 fully saturated rings. The van der Waals surface area contributed by atoms with E-state index < -0.39 is 35.4 Å². The smallest absolute Gasteiger partial charge is 0.203 e. The molecule has 0 amide bonds. The number of carbonyl (C=O) groups excluding carboxylic acids is 2. The maximum atomic E-state index is 12.6. The van der Waals surface area contributed by atoms with E-state index in [4.69, 9.17) is 9.15 Å². The van der Waals surface area contributed by atoms with Crippen LogP contribution in [0.2, 0.25) is 0 Å². The first-order chi connectivity index (χ1) is 12.1. The van der Waals surface area contributed by atoms with Crippen molar-refractivity contribution in [3.63, 3.8) is 0 Å². The summed E-state index contributed by atoms with van der Waals surface area (Å²) in [4.78, 5) is 25.2. The highest BCUT2D eigenvalue weighted by atomic mass is 16.5. The third kappa shape index (κ3) is 3.01. The Balaban J connectivity index is 1.78. The van der Waals surface area contributed by atoms with Gasteiger partial charge in [0.15, 0.2) is 11.5 Å². The van der Waals surface area contributed by atoms with Crippen LogP contribution in [0.25, 0.3) is 0 Å². The molecule has 142 valence electrons. The van der Waals surface area contributed by atoms with Crippen molar-refractivity contribution in [2.24, 2.45) is 11.8 Å². The minimum atomic E-state index is -1.12. The van der Waals surface area contributed by atoms with E-state index in [1.54, 1.807) is 26.8 Å². The fourth-order valence-electron chi connectivity index (χ4n) is 4.01. The summed E-state index contributed by atoms with van der Waals surface area (Å²) in [6, 6.07) is 1.68. The van der Waals surface area contributed by atoms with Crippen molar-refractivity contribution in [3.05, 3.63) is 35.0 Å². The molecule has 1 aliphatic heterocycles. The number of Topliss-reactive ketones (excluding diaryl/α,β-unsaturated/α-hetero) is 2. The third-order valence-corrected chi connectivity index (χ3v) is 5.92. The number of aliphatic hydroxyl groups is 2. The molecule has 0 spiro atoms. The summed E-state index contributed by atoms with van der Waals surface area (Å²) in [5.41, 5.74) is 0.406. The fourth-order valence-corrected chi connectivity index (χ4v) is 4.01. The predicted octanol–water partition coefficient (Wildman–Crippen LogP) is 3.13. The zero-order chi connectivity index (χ0) is 19.2. The molecule has 3 rings (SSSR count). The fraction of sp³-hybridized carbons (Fsp3) is 0.600. The number of rotatable bonds is 4. The van der Waals surface area contributed by atoms with E-state index in [1.165, 1.54) is 6.26 Å². The number of allylic oxidation sites excluding steroid dienone is 2. The van der Waals surface area contributed by atoms with E-state index in [2.05, 4.69) is 0 Å². The molecule has 0 aromatic carbocycles. The highest BCUT2D eigenvalue weighted by Crippen LogP contribution is 2.44. The quantitative estimate of drug-likeness (QED) is 0.799. The van der Waals surface area contributed by atoms with Gasteiger partial charge in [0.05, 0.1) is 24.4 Å². The van der Waals surface area contributed by atoms with Gasteiger partial charge in [0, 0.05) is 12.3 Å². The van der Waals surface area contributed by atoms with Gasteiger partial charge in [-0.15, -0.1) is 0 Å². The number of carbonyl (C=O) groups is 2. The molecule has 5 atom stereocenters. The number of ether oxygens (including phenoxy) is 1. The second-order valence-corrected chi connectivity index (χ2v) is 7.82. The molecule has 6 heteroatoms. The molecule has 0 bridgehead atoms. The first-order valence-electron chi connectivity index (χ1n) is 9.03. The first-order valence-corrected chi connectivity index (χ1v) is 9.03. The van der Waals surface area contributed by atoms with Gasteiger partial charge in [0.2, 0.25) is 11.6 Å². The molecule has 2 aliphatic rings.